The Morgan fingerprint density at radius 3 is 2.21 bits per heavy atom. The van der Waals surface area contributed by atoms with Crippen LogP contribution in [0.15, 0.2) is 24.3 Å². The van der Waals surface area contributed by atoms with Crippen LogP contribution in [0.2, 0.25) is 0 Å². The highest BCUT2D eigenvalue weighted by Gasteiger charge is 2.12. The zero-order chi connectivity index (χ0) is 10.6. The number of hydrogen-bond acceptors (Lipinski definition) is 1. The van der Waals surface area contributed by atoms with E-state index in [2.05, 4.69) is 0 Å². The van der Waals surface area contributed by atoms with E-state index in [0.29, 0.717) is 6.61 Å². The molecule has 1 rings (SSSR count). The molecule has 0 saturated heterocycles. The normalized spacial score (nSPS) is 12.9. The van der Waals surface area contributed by atoms with Gasteiger partial charge in [-0.15, -0.1) is 23.2 Å². The van der Waals surface area contributed by atoms with E-state index in [9.17, 15) is 0 Å². The summed E-state index contributed by atoms with van der Waals surface area (Å²) >= 11 is 11.6. The Morgan fingerprint density at radius 1 is 1.21 bits per heavy atom. The highest BCUT2D eigenvalue weighted by molar-refractivity contribution is 6.44. The van der Waals surface area contributed by atoms with Gasteiger partial charge >= 0.3 is 0 Å². The molecule has 0 aliphatic carbocycles. The Bertz CT molecular complexity index is 269. The first-order valence-electron chi connectivity index (χ1n) is 4.66. The van der Waals surface area contributed by atoms with Crippen molar-refractivity contribution < 1.29 is 4.74 Å². The molecule has 1 unspecified atom stereocenters. The van der Waals surface area contributed by atoms with Gasteiger partial charge in [0, 0.05) is 5.92 Å². The molecule has 78 valence electrons. The highest BCUT2D eigenvalue weighted by atomic mass is 35.5. The molecular weight excluding hydrogens is 219 g/mol. The fraction of sp³-hybridized carbons (Fsp3) is 0.455. The van der Waals surface area contributed by atoms with Crippen LogP contribution in [-0.4, -0.2) is 11.4 Å². The molecule has 0 saturated carbocycles. The van der Waals surface area contributed by atoms with Crippen molar-refractivity contribution in [3.8, 4) is 5.75 Å². The maximum Gasteiger partial charge on any atom is 0.119 e. The van der Waals surface area contributed by atoms with Crippen molar-refractivity contribution >= 4 is 23.2 Å². The molecule has 0 aliphatic rings. The van der Waals surface area contributed by atoms with Crippen LogP contribution in [0.3, 0.4) is 0 Å². The van der Waals surface area contributed by atoms with Crippen molar-refractivity contribution in [3.63, 3.8) is 0 Å². The van der Waals surface area contributed by atoms with Gasteiger partial charge in [-0.25, -0.2) is 0 Å². The first kappa shape index (κ1) is 11.7. The molecule has 3 heteroatoms. The van der Waals surface area contributed by atoms with Crippen LogP contribution in [0.1, 0.15) is 25.3 Å². The molecule has 0 amide bonds. The summed E-state index contributed by atoms with van der Waals surface area (Å²) in [5, 5.41) is 0. The summed E-state index contributed by atoms with van der Waals surface area (Å²) in [5.41, 5.74) is 1.13. The summed E-state index contributed by atoms with van der Waals surface area (Å²) in [6.45, 7) is 4.65. The number of halogens is 2. The Labute approximate surface area is 95.0 Å². The lowest BCUT2D eigenvalue weighted by Gasteiger charge is -2.13. The largest absolute Gasteiger partial charge is 0.494 e. The average molecular weight is 233 g/mol. The summed E-state index contributed by atoms with van der Waals surface area (Å²) < 4.78 is 5.34. The van der Waals surface area contributed by atoms with E-state index in [1.807, 2.05) is 38.1 Å². The fourth-order valence-electron chi connectivity index (χ4n) is 1.18. The molecule has 0 bridgehead atoms. The van der Waals surface area contributed by atoms with Crippen molar-refractivity contribution in [3.05, 3.63) is 29.8 Å². The second-order valence-corrected chi connectivity index (χ2v) is 4.29. The predicted octanol–water partition coefficient (Wildman–Crippen LogP) is 3.99. The van der Waals surface area contributed by atoms with E-state index in [1.165, 1.54) is 0 Å². The maximum atomic E-state index is 5.80. The smallest absolute Gasteiger partial charge is 0.119 e. The summed E-state index contributed by atoms with van der Waals surface area (Å²) in [5.74, 6) is 1.03. The summed E-state index contributed by atoms with van der Waals surface area (Å²) in [7, 11) is 0. The SMILES string of the molecule is CCOc1ccc(C(C)C(Cl)Cl)cc1. The molecule has 0 aromatic heterocycles. The van der Waals surface area contributed by atoms with Gasteiger partial charge in [0.25, 0.3) is 0 Å². The molecule has 1 aromatic rings. The minimum atomic E-state index is -0.368. The predicted molar refractivity (Wildman–Crippen MR) is 61.5 cm³/mol. The monoisotopic (exact) mass is 232 g/mol. The molecule has 0 radical (unpaired) electrons. The molecule has 1 nitrogen and oxygen atoms in total. The van der Waals surface area contributed by atoms with Crippen molar-refractivity contribution in [2.75, 3.05) is 6.61 Å². The van der Waals surface area contributed by atoms with Gasteiger partial charge < -0.3 is 4.74 Å². The minimum Gasteiger partial charge on any atom is -0.494 e. The molecular formula is C11H14Cl2O. The van der Waals surface area contributed by atoms with Crippen molar-refractivity contribution in [2.45, 2.75) is 24.6 Å². The van der Waals surface area contributed by atoms with E-state index in [0.717, 1.165) is 11.3 Å². The van der Waals surface area contributed by atoms with E-state index < -0.39 is 0 Å². The second kappa shape index (κ2) is 5.47. The quantitative estimate of drug-likeness (QED) is 0.714. The lowest BCUT2D eigenvalue weighted by Crippen LogP contribution is -2.02. The third-order valence-corrected chi connectivity index (χ3v) is 2.85. The van der Waals surface area contributed by atoms with Crippen LogP contribution in [0, 0.1) is 0 Å². The van der Waals surface area contributed by atoms with Gasteiger partial charge in [0.2, 0.25) is 0 Å². The lowest BCUT2D eigenvalue weighted by molar-refractivity contribution is 0.340. The molecule has 14 heavy (non-hydrogen) atoms. The van der Waals surface area contributed by atoms with Gasteiger partial charge in [0.1, 0.15) is 10.6 Å². The van der Waals surface area contributed by atoms with Crippen LogP contribution in [0.4, 0.5) is 0 Å². The molecule has 0 heterocycles. The summed E-state index contributed by atoms with van der Waals surface area (Å²) in [6, 6.07) is 7.86. The molecule has 0 spiro atoms. The number of benzene rings is 1. The minimum absolute atomic E-state index is 0.147. The van der Waals surface area contributed by atoms with Gasteiger partial charge in [0.05, 0.1) is 6.61 Å². The number of ether oxygens (including phenoxy) is 1. The zero-order valence-electron chi connectivity index (χ0n) is 8.34. The third kappa shape index (κ3) is 3.07. The van der Waals surface area contributed by atoms with Gasteiger partial charge in [-0.3, -0.25) is 0 Å². The van der Waals surface area contributed by atoms with Crippen LogP contribution >= 0.6 is 23.2 Å². The Morgan fingerprint density at radius 2 is 1.79 bits per heavy atom. The zero-order valence-corrected chi connectivity index (χ0v) is 9.85. The van der Waals surface area contributed by atoms with Gasteiger partial charge in [-0.1, -0.05) is 19.1 Å². The van der Waals surface area contributed by atoms with Gasteiger partial charge in [-0.2, -0.15) is 0 Å². The van der Waals surface area contributed by atoms with Crippen molar-refractivity contribution in [1.29, 1.82) is 0 Å². The highest BCUT2D eigenvalue weighted by Crippen LogP contribution is 2.27. The molecule has 0 aliphatic heterocycles. The van der Waals surface area contributed by atoms with Crippen molar-refractivity contribution in [1.82, 2.24) is 0 Å². The van der Waals surface area contributed by atoms with Crippen LogP contribution in [0.25, 0.3) is 0 Å². The van der Waals surface area contributed by atoms with Crippen LogP contribution in [0.5, 0.6) is 5.75 Å². The average Bonchev–Trinajstić information content (AvgIpc) is 2.18. The third-order valence-electron chi connectivity index (χ3n) is 2.09. The van der Waals surface area contributed by atoms with Crippen LogP contribution in [-0.2, 0) is 0 Å². The van der Waals surface area contributed by atoms with Gasteiger partial charge in [0.15, 0.2) is 0 Å². The molecule has 1 atom stereocenters. The Kier molecular flexibility index (Phi) is 4.56. The molecule has 1 aromatic carbocycles. The second-order valence-electron chi connectivity index (χ2n) is 3.13. The Balaban J connectivity index is 2.72. The fourth-order valence-corrected chi connectivity index (χ4v) is 1.47. The van der Waals surface area contributed by atoms with E-state index in [-0.39, 0.29) is 10.8 Å². The van der Waals surface area contributed by atoms with E-state index in [4.69, 9.17) is 27.9 Å². The van der Waals surface area contributed by atoms with Gasteiger partial charge in [-0.05, 0) is 24.6 Å². The standard InChI is InChI=1S/C11H14Cl2O/c1-3-14-10-6-4-9(5-7-10)8(2)11(12)13/h4-8,11H,3H2,1-2H3. The number of alkyl halides is 2. The maximum absolute atomic E-state index is 5.80. The number of hydrogen-bond donors (Lipinski definition) is 0. The Hall–Kier alpha value is -0.400. The number of rotatable bonds is 4. The van der Waals surface area contributed by atoms with E-state index in [1.54, 1.807) is 0 Å². The summed E-state index contributed by atoms with van der Waals surface area (Å²) in [6.07, 6.45) is 0. The van der Waals surface area contributed by atoms with E-state index >= 15 is 0 Å². The molecule has 0 N–H and O–H groups in total. The first-order valence-corrected chi connectivity index (χ1v) is 5.53. The van der Waals surface area contributed by atoms with Crippen molar-refractivity contribution in [2.24, 2.45) is 0 Å². The summed E-state index contributed by atoms with van der Waals surface area (Å²) in [4.78, 5) is -0.368. The molecule has 0 fully saturated rings. The lowest BCUT2D eigenvalue weighted by atomic mass is 10.0. The van der Waals surface area contributed by atoms with Crippen LogP contribution < -0.4 is 4.74 Å². The topological polar surface area (TPSA) is 9.23 Å². The first-order chi connectivity index (χ1) is 6.65.